The number of rotatable bonds is 5. The molecule has 0 atom stereocenters. The molecule has 26 heavy (non-hydrogen) atoms. The molecule has 0 unspecified atom stereocenters. The van der Waals surface area contributed by atoms with Gasteiger partial charge in [0.1, 0.15) is 17.1 Å². The Hall–Kier alpha value is -2.70. The lowest BCUT2D eigenvalue weighted by atomic mass is 10.2. The summed E-state index contributed by atoms with van der Waals surface area (Å²) in [6.07, 6.45) is 4.78. The van der Waals surface area contributed by atoms with Gasteiger partial charge >= 0.3 is 0 Å². The van der Waals surface area contributed by atoms with Crippen molar-refractivity contribution in [2.24, 2.45) is 0 Å². The van der Waals surface area contributed by atoms with Crippen LogP contribution in [0, 0.1) is 0 Å². The first-order valence-corrected chi connectivity index (χ1v) is 8.32. The fourth-order valence-electron chi connectivity index (χ4n) is 2.42. The largest absolute Gasteiger partial charge is 0.495 e. The monoisotopic (exact) mass is 391 g/mol. The molecule has 0 saturated carbocycles. The van der Waals surface area contributed by atoms with Gasteiger partial charge in [0.25, 0.3) is 0 Å². The number of carbonyl (C=O) groups is 1. The van der Waals surface area contributed by atoms with Gasteiger partial charge in [-0.15, -0.1) is 0 Å². The van der Waals surface area contributed by atoms with Crippen LogP contribution in [0.4, 0.5) is 5.69 Å². The molecule has 2 heterocycles. The lowest BCUT2D eigenvalue weighted by Gasteiger charge is -2.12. The van der Waals surface area contributed by atoms with Gasteiger partial charge in [-0.25, -0.2) is 4.98 Å². The number of imidazole rings is 1. The molecule has 0 spiro atoms. The van der Waals surface area contributed by atoms with Gasteiger partial charge in [-0.05, 0) is 18.2 Å². The highest BCUT2D eigenvalue weighted by Crippen LogP contribution is 2.35. The number of amides is 1. The SMILES string of the molecule is COc1cc(NC(=O)/C=C/c2c(Cl)nc3ccccn23)c(OC)cc1Cl. The van der Waals surface area contributed by atoms with Gasteiger partial charge in [-0.1, -0.05) is 29.3 Å². The summed E-state index contributed by atoms with van der Waals surface area (Å²) in [5, 5.41) is 3.43. The molecular formula is C18H15Cl2N3O3. The summed E-state index contributed by atoms with van der Waals surface area (Å²) < 4.78 is 12.2. The number of pyridine rings is 1. The second-order valence-electron chi connectivity index (χ2n) is 5.23. The molecule has 3 aromatic rings. The van der Waals surface area contributed by atoms with Gasteiger partial charge < -0.3 is 14.8 Å². The summed E-state index contributed by atoms with van der Waals surface area (Å²) in [6.45, 7) is 0. The number of methoxy groups -OCH3 is 2. The van der Waals surface area contributed by atoms with Crippen molar-refractivity contribution in [2.75, 3.05) is 19.5 Å². The van der Waals surface area contributed by atoms with Gasteiger partial charge in [-0.3, -0.25) is 9.20 Å². The van der Waals surface area contributed by atoms with Gasteiger partial charge in [0.2, 0.25) is 5.91 Å². The molecular weight excluding hydrogens is 377 g/mol. The maximum absolute atomic E-state index is 12.3. The summed E-state index contributed by atoms with van der Waals surface area (Å²) in [5.74, 6) is 0.483. The van der Waals surface area contributed by atoms with Crippen molar-refractivity contribution in [2.45, 2.75) is 0 Å². The third-order valence-corrected chi connectivity index (χ3v) is 4.22. The molecule has 1 aromatic carbocycles. The molecule has 8 heteroatoms. The average molecular weight is 392 g/mol. The van der Waals surface area contributed by atoms with Crippen LogP contribution in [-0.4, -0.2) is 29.5 Å². The standard InChI is InChI=1S/C18H15Cl2N3O3/c1-25-14-10-12(15(26-2)9-11(14)19)21-17(24)7-6-13-18(20)22-16-5-3-4-8-23(13)16/h3-10H,1-2H3,(H,21,24)/b7-6+. The van der Waals surface area contributed by atoms with Crippen LogP contribution in [0.5, 0.6) is 11.5 Å². The molecule has 0 radical (unpaired) electrons. The second-order valence-corrected chi connectivity index (χ2v) is 5.99. The second kappa shape index (κ2) is 7.68. The van der Waals surface area contributed by atoms with Crippen molar-refractivity contribution in [1.29, 1.82) is 0 Å². The van der Waals surface area contributed by atoms with Crippen LogP contribution in [0.2, 0.25) is 10.2 Å². The van der Waals surface area contributed by atoms with Gasteiger partial charge in [-0.2, -0.15) is 0 Å². The van der Waals surface area contributed by atoms with Crippen LogP contribution in [0.15, 0.2) is 42.6 Å². The van der Waals surface area contributed by atoms with Gasteiger partial charge in [0, 0.05) is 24.4 Å². The third kappa shape index (κ3) is 3.61. The summed E-state index contributed by atoms with van der Waals surface area (Å²) >= 11 is 12.2. The number of nitrogens with zero attached hydrogens (tertiary/aromatic N) is 2. The number of anilines is 1. The number of fused-ring (bicyclic) bond motifs is 1. The predicted molar refractivity (Wildman–Crippen MR) is 102 cm³/mol. The lowest BCUT2D eigenvalue weighted by molar-refractivity contribution is -0.111. The predicted octanol–water partition coefficient (Wildman–Crippen LogP) is 4.31. The number of benzene rings is 1. The minimum atomic E-state index is -0.366. The van der Waals surface area contributed by atoms with E-state index in [0.717, 1.165) is 0 Å². The van der Waals surface area contributed by atoms with E-state index < -0.39 is 0 Å². The van der Waals surface area contributed by atoms with E-state index in [-0.39, 0.29) is 5.91 Å². The van der Waals surface area contributed by atoms with Crippen LogP contribution >= 0.6 is 23.2 Å². The van der Waals surface area contributed by atoms with Crippen molar-refractivity contribution in [3.8, 4) is 11.5 Å². The number of halogens is 2. The fourth-order valence-corrected chi connectivity index (χ4v) is 2.89. The first-order chi connectivity index (χ1) is 12.5. The Kier molecular flexibility index (Phi) is 5.35. The highest BCUT2D eigenvalue weighted by atomic mass is 35.5. The summed E-state index contributed by atoms with van der Waals surface area (Å²) in [6, 6.07) is 8.70. The Morgan fingerprint density at radius 2 is 1.96 bits per heavy atom. The first kappa shape index (κ1) is 18.1. The number of nitrogens with one attached hydrogen (secondary N) is 1. The highest BCUT2D eigenvalue weighted by Gasteiger charge is 2.12. The number of ether oxygens (including phenoxy) is 2. The van der Waals surface area contributed by atoms with E-state index in [1.807, 2.05) is 24.4 Å². The van der Waals surface area contributed by atoms with Crippen molar-refractivity contribution in [3.05, 3.63) is 58.5 Å². The molecule has 0 saturated heterocycles. The summed E-state index contributed by atoms with van der Waals surface area (Å²) in [5.41, 5.74) is 1.74. The highest BCUT2D eigenvalue weighted by molar-refractivity contribution is 6.32. The quantitative estimate of drug-likeness (QED) is 0.658. The third-order valence-electron chi connectivity index (χ3n) is 3.65. The molecule has 3 rings (SSSR count). The van der Waals surface area contributed by atoms with E-state index in [1.54, 1.807) is 22.6 Å². The molecule has 0 aliphatic carbocycles. The molecule has 0 aliphatic rings. The van der Waals surface area contributed by atoms with Crippen LogP contribution in [0.1, 0.15) is 5.69 Å². The summed E-state index contributed by atoms with van der Waals surface area (Å²) in [4.78, 5) is 16.5. The molecule has 0 aliphatic heterocycles. The zero-order valence-electron chi connectivity index (χ0n) is 14.0. The number of hydrogen-bond acceptors (Lipinski definition) is 4. The maximum atomic E-state index is 12.3. The topological polar surface area (TPSA) is 64.9 Å². The molecule has 0 bridgehead atoms. The van der Waals surface area contributed by atoms with E-state index in [2.05, 4.69) is 10.3 Å². The Labute approximate surface area is 160 Å². The first-order valence-electron chi connectivity index (χ1n) is 7.56. The van der Waals surface area contributed by atoms with E-state index in [1.165, 1.54) is 20.3 Å². The Bertz CT molecular complexity index is 999. The Balaban J connectivity index is 1.85. The zero-order valence-corrected chi connectivity index (χ0v) is 15.5. The minimum Gasteiger partial charge on any atom is -0.495 e. The van der Waals surface area contributed by atoms with E-state index in [9.17, 15) is 4.79 Å². The van der Waals surface area contributed by atoms with Crippen LogP contribution in [0.25, 0.3) is 11.7 Å². The van der Waals surface area contributed by atoms with Crippen molar-refractivity contribution in [1.82, 2.24) is 9.38 Å². The molecule has 134 valence electrons. The summed E-state index contributed by atoms with van der Waals surface area (Å²) in [7, 11) is 2.98. The number of hydrogen-bond donors (Lipinski definition) is 1. The van der Waals surface area contributed by atoms with Crippen molar-refractivity contribution >= 4 is 46.5 Å². The van der Waals surface area contributed by atoms with E-state index >= 15 is 0 Å². The normalized spacial score (nSPS) is 11.1. The molecule has 6 nitrogen and oxygen atoms in total. The zero-order chi connectivity index (χ0) is 18.7. The minimum absolute atomic E-state index is 0.311. The molecule has 1 N–H and O–H groups in total. The van der Waals surface area contributed by atoms with Gasteiger partial charge in [0.05, 0.1) is 30.6 Å². The molecule has 2 aromatic heterocycles. The smallest absolute Gasteiger partial charge is 0.248 e. The average Bonchev–Trinajstić information content (AvgIpc) is 2.96. The Morgan fingerprint density at radius 3 is 2.69 bits per heavy atom. The molecule has 0 fully saturated rings. The maximum Gasteiger partial charge on any atom is 0.248 e. The van der Waals surface area contributed by atoms with E-state index in [0.29, 0.717) is 38.7 Å². The van der Waals surface area contributed by atoms with Gasteiger partial charge in [0.15, 0.2) is 5.15 Å². The molecule has 1 amide bonds. The number of carbonyl (C=O) groups excluding carboxylic acids is 1. The van der Waals surface area contributed by atoms with Crippen LogP contribution in [0.3, 0.4) is 0 Å². The lowest BCUT2D eigenvalue weighted by Crippen LogP contribution is -2.09. The number of aromatic nitrogens is 2. The van der Waals surface area contributed by atoms with Crippen molar-refractivity contribution < 1.29 is 14.3 Å². The fraction of sp³-hybridized carbons (Fsp3) is 0.111. The van der Waals surface area contributed by atoms with Crippen LogP contribution in [-0.2, 0) is 4.79 Å². The van der Waals surface area contributed by atoms with Crippen LogP contribution < -0.4 is 14.8 Å². The Morgan fingerprint density at radius 1 is 1.19 bits per heavy atom. The van der Waals surface area contributed by atoms with Crippen molar-refractivity contribution in [3.63, 3.8) is 0 Å². The van der Waals surface area contributed by atoms with E-state index in [4.69, 9.17) is 32.7 Å².